The molecule has 0 bridgehead atoms. The Morgan fingerprint density at radius 2 is 1.93 bits per heavy atom. The second-order valence-electron chi connectivity index (χ2n) is 6.24. The number of rotatable bonds is 8. The fraction of sp³-hybridized carbons (Fsp3) is 0.190. The molecule has 0 aliphatic heterocycles. The van der Waals surface area contributed by atoms with Crippen LogP contribution in [-0.4, -0.2) is 30.6 Å². The molecular formula is C21H19ClN2O5S. The van der Waals surface area contributed by atoms with Crippen LogP contribution in [0.4, 0.5) is 5.69 Å². The minimum atomic E-state index is -0.689. The lowest BCUT2D eigenvalue weighted by atomic mass is 10.2. The number of carbonyl (C=O) groups excluding carboxylic acids is 2. The summed E-state index contributed by atoms with van der Waals surface area (Å²) in [6, 6.07) is 12.3. The zero-order valence-corrected chi connectivity index (χ0v) is 17.9. The Morgan fingerprint density at radius 3 is 2.67 bits per heavy atom. The van der Waals surface area contributed by atoms with Gasteiger partial charge in [0.25, 0.3) is 5.91 Å². The summed E-state index contributed by atoms with van der Waals surface area (Å²) in [5.74, 6) is -0.204. The van der Waals surface area contributed by atoms with Crippen LogP contribution < -0.4 is 10.1 Å². The first-order chi connectivity index (χ1) is 14.4. The maximum Gasteiger partial charge on any atom is 0.358 e. The second kappa shape index (κ2) is 10.2. The topological polar surface area (TPSA) is 86.8 Å². The van der Waals surface area contributed by atoms with Gasteiger partial charge in [-0.2, -0.15) is 0 Å². The molecule has 2 aromatic carbocycles. The lowest BCUT2D eigenvalue weighted by Gasteiger charge is -2.13. The van der Waals surface area contributed by atoms with Gasteiger partial charge in [0.15, 0.2) is 18.1 Å². The quantitative estimate of drug-likeness (QED) is 0.498. The number of nitrogens with zero attached hydrogens (tertiary/aromatic N) is 1. The van der Waals surface area contributed by atoms with E-state index in [0.29, 0.717) is 33.8 Å². The third-order valence-corrected chi connectivity index (χ3v) is 4.88. The van der Waals surface area contributed by atoms with Gasteiger partial charge in [0.2, 0.25) is 0 Å². The molecule has 0 radical (unpaired) electrons. The molecule has 0 saturated heterocycles. The van der Waals surface area contributed by atoms with Gasteiger partial charge < -0.3 is 19.5 Å². The monoisotopic (exact) mass is 446 g/mol. The zero-order chi connectivity index (χ0) is 21.5. The minimum absolute atomic E-state index is 0.131. The number of hydrogen-bond donors (Lipinski definition) is 1. The van der Waals surface area contributed by atoms with Crippen molar-refractivity contribution < 1.29 is 23.8 Å². The Labute approximate surface area is 182 Å². The number of carbonyl (C=O) groups is 2. The highest BCUT2D eigenvalue weighted by molar-refractivity contribution is 7.09. The summed E-state index contributed by atoms with van der Waals surface area (Å²) < 4.78 is 15.8. The number of nitrogens with one attached hydrogen (secondary N) is 1. The van der Waals surface area contributed by atoms with Crippen molar-refractivity contribution in [1.29, 1.82) is 0 Å². The molecule has 0 aliphatic carbocycles. The van der Waals surface area contributed by atoms with Crippen molar-refractivity contribution in [1.82, 2.24) is 4.98 Å². The van der Waals surface area contributed by atoms with E-state index in [1.54, 1.807) is 23.6 Å². The molecule has 0 atom stereocenters. The van der Waals surface area contributed by atoms with Crippen LogP contribution in [0.25, 0.3) is 0 Å². The van der Waals surface area contributed by atoms with E-state index in [0.717, 1.165) is 5.56 Å². The summed E-state index contributed by atoms with van der Waals surface area (Å²) in [5, 5.41) is 5.27. The van der Waals surface area contributed by atoms with E-state index in [2.05, 4.69) is 10.3 Å². The third kappa shape index (κ3) is 6.03. The predicted octanol–water partition coefficient (Wildman–Crippen LogP) is 4.84. The van der Waals surface area contributed by atoms with Crippen LogP contribution in [0, 0.1) is 6.92 Å². The van der Waals surface area contributed by atoms with Gasteiger partial charge in [-0.25, -0.2) is 9.78 Å². The molecule has 1 amide bonds. The number of benzene rings is 2. The van der Waals surface area contributed by atoms with E-state index in [1.165, 1.54) is 18.4 Å². The van der Waals surface area contributed by atoms with Crippen LogP contribution in [0.2, 0.25) is 5.02 Å². The van der Waals surface area contributed by atoms with Crippen LogP contribution in [0.5, 0.6) is 11.5 Å². The molecule has 0 unspecified atom stereocenters. The van der Waals surface area contributed by atoms with Gasteiger partial charge in [-0.15, -0.1) is 11.3 Å². The molecule has 0 spiro atoms. The summed E-state index contributed by atoms with van der Waals surface area (Å²) in [7, 11) is 1.54. The highest BCUT2D eigenvalue weighted by Crippen LogP contribution is 2.32. The normalized spacial score (nSPS) is 10.5. The average Bonchev–Trinajstić information content (AvgIpc) is 3.19. The molecule has 0 aliphatic rings. The number of ether oxygens (including phenoxy) is 3. The number of thiazole rings is 1. The van der Waals surface area contributed by atoms with E-state index in [-0.39, 0.29) is 5.69 Å². The number of halogens is 1. The lowest BCUT2D eigenvalue weighted by Crippen LogP contribution is -2.21. The van der Waals surface area contributed by atoms with Crippen LogP contribution >= 0.6 is 22.9 Å². The molecule has 3 aromatic rings. The molecule has 156 valence electrons. The summed E-state index contributed by atoms with van der Waals surface area (Å²) in [6.07, 6.45) is 0. The minimum Gasteiger partial charge on any atom is -0.455 e. The van der Waals surface area contributed by atoms with Crippen LogP contribution in [-0.2, 0) is 20.9 Å². The van der Waals surface area contributed by atoms with Crippen molar-refractivity contribution in [3.05, 3.63) is 69.1 Å². The maximum atomic E-state index is 12.3. The van der Waals surface area contributed by atoms with Crippen LogP contribution in [0.15, 0.2) is 47.8 Å². The smallest absolute Gasteiger partial charge is 0.358 e. The third-order valence-electron chi connectivity index (χ3n) is 3.83. The van der Waals surface area contributed by atoms with Crippen molar-refractivity contribution >= 4 is 40.5 Å². The summed E-state index contributed by atoms with van der Waals surface area (Å²) >= 11 is 7.33. The van der Waals surface area contributed by atoms with Gasteiger partial charge in [0.05, 0.1) is 12.3 Å². The van der Waals surface area contributed by atoms with Gasteiger partial charge in [-0.3, -0.25) is 4.79 Å². The average molecular weight is 447 g/mol. The molecule has 1 N–H and O–H groups in total. The van der Waals surface area contributed by atoms with E-state index in [1.807, 2.05) is 31.2 Å². The van der Waals surface area contributed by atoms with Gasteiger partial charge >= 0.3 is 5.97 Å². The van der Waals surface area contributed by atoms with E-state index < -0.39 is 18.5 Å². The highest BCUT2D eigenvalue weighted by atomic mass is 35.5. The van der Waals surface area contributed by atoms with Crippen molar-refractivity contribution in [2.24, 2.45) is 0 Å². The Bertz CT molecular complexity index is 1040. The van der Waals surface area contributed by atoms with Crippen LogP contribution in [0.3, 0.4) is 0 Å². The van der Waals surface area contributed by atoms with Gasteiger partial charge in [0.1, 0.15) is 10.8 Å². The molecule has 3 rings (SSSR count). The summed E-state index contributed by atoms with van der Waals surface area (Å²) in [4.78, 5) is 28.4. The Morgan fingerprint density at radius 1 is 1.17 bits per heavy atom. The molecule has 30 heavy (non-hydrogen) atoms. The lowest BCUT2D eigenvalue weighted by molar-refractivity contribution is -0.119. The number of anilines is 1. The molecule has 7 nitrogen and oxygen atoms in total. The Balaban J connectivity index is 1.61. The number of esters is 1. The summed E-state index contributed by atoms with van der Waals surface area (Å²) in [5.41, 5.74) is 1.59. The molecule has 0 saturated carbocycles. The van der Waals surface area contributed by atoms with Crippen molar-refractivity contribution in [2.45, 2.75) is 13.5 Å². The SMILES string of the molecule is COCc1nc(C(=O)OCC(=O)Nc2cc(Cl)ccc2Oc2ccc(C)cc2)cs1. The molecule has 1 heterocycles. The van der Waals surface area contributed by atoms with Crippen molar-refractivity contribution in [2.75, 3.05) is 19.0 Å². The van der Waals surface area contributed by atoms with Crippen molar-refractivity contribution in [3.8, 4) is 11.5 Å². The predicted molar refractivity (Wildman–Crippen MR) is 114 cm³/mol. The van der Waals surface area contributed by atoms with Crippen molar-refractivity contribution in [3.63, 3.8) is 0 Å². The zero-order valence-electron chi connectivity index (χ0n) is 16.3. The first-order valence-corrected chi connectivity index (χ1v) is 10.1. The van der Waals surface area contributed by atoms with E-state index >= 15 is 0 Å². The number of amides is 1. The van der Waals surface area contributed by atoms with E-state index in [9.17, 15) is 9.59 Å². The van der Waals surface area contributed by atoms with Gasteiger partial charge in [-0.05, 0) is 37.3 Å². The standard InChI is InChI=1S/C21H19ClN2O5S/c1-13-3-6-15(7-4-13)29-18-8-5-14(22)9-16(18)23-19(25)10-28-21(26)17-12-30-20(24-17)11-27-2/h3-9,12H,10-11H2,1-2H3,(H,23,25). The van der Waals surface area contributed by atoms with Gasteiger partial charge in [-0.1, -0.05) is 29.3 Å². The molecule has 1 aromatic heterocycles. The molecular weight excluding hydrogens is 428 g/mol. The highest BCUT2D eigenvalue weighted by Gasteiger charge is 2.16. The number of aromatic nitrogens is 1. The molecule has 9 heteroatoms. The van der Waals surface area contributed by atoms with Gasteiger partial charge in [0, 0.05) is 17.5 Å². The van der Waals surface area contributed by atoms with E-state index in [4.69, 9.17) is 25.8 Å². The number of aryl methyl sites for hydroxylation is 1. The molecule has 0 fully saturated rings. The van der Waals surface area contributed by atoms with Crippen LogP contribution in [0.1, 0.15) is 21.1 Å². The maximum absolute atomic E-state index is 12.3. The number of hydrogen-bond acceptors (Lipinski definition) is 7. The first-order valence-electron chi connectivity index (χ1n) is 8.89. The largest absolute Gasteiger partial charge is 0.455 e. The number of methoxy groups -OCH3 is 1. The Hall–Kier alpha value is -2.94. The fourth-order valence-electron chi connectivity index (χ4n) is 2.41. The fourth-order valence-corrected chi connectivity index (χ4v) is 3.31. The summed E-state index contributed by atoms with van der Waals surface area (Å²) in [6.45, 7) is 1.80. The second-order valence-corrected chi connectivity index (χ2v) is 7.62. The first kappa shape index (κ1) is 21.8. The Kier molecular flexibility index (Phi) is 7.40.